The zero-order valence-corrected chi connectivity index (χ0v) is 13.7. The highest BCUT2D eigenvalue weighted by Gasteiger charge is 2.35. The minimum Gasteiger partial charge on any atom is -0.457 e. The van der Waals surface area contributed by atoms with E-state index in [0.717, 1.165) is 5.75 Å². The molecule has 5 nitrogen and oxygen atoms in total. The average Bonchev–Trinajstić information content (AvgIpc) is 2.59. The quantitative estimate of drug-likeness (QED) is 0.904. The van der Waals surface area contributed by atoms with Crippen molar-refractivity contribution in [2.75, 3.05) is 18.5 Å². The Morgan fingerprint density at radius 1 is 1.04 bits per heavy atom. The van der Waals surface area contributed by atoms with Gasteiger partial charge in [-0.3, -0.25) is 4.79 Å². The van der Waals surface area contributed by atoms with Gasteiger partial charge in [0, 0.05) is 18.9 Å². The van der Waals surface area contributed by atoms with Crippen molar-refractivity contribution in [3.8, 4) is 11.5 Å². The Balaban J connectivity index is 1.62. The summed E-state index contributed by atoms with van der Waals surface area (Å²) in [6, 6.07) is 15.1. The Bertz CT molecular complexity index is 690. The highest BCUT2D eigenvalue weighted by atomic mass is 16.5. The number of nitrogens with two attached hydrogens (primary N) is 1. The number of rotatable bonds is 4. The SMILES string of the molecule is Cc1ccc(Oc2ccc(NC(=O)C3(N)CCOCC3)cc2)cc1. The smallest absolute Gasteiger partial charge is 0.244 e. The molecular weight excluding hydrogens is 304 g/mol. The van der Waals surface area contributed by atoms with Crippen LogP contribution in [0.1, 0.15) is 18.4 Å². The van der Waals surface area contributed by atoms with Crippen LogP contribution in [0.2, 0.25) is 0 Å². The van der Waals surface area contributed by atoms with Crippen LogP contribution in [0.25, 0.3) is 0 Å². The molecular formula is C19H22N2O3. The molecule has 3 N–H and O–H groups in total. The van der Waals surface area contributed by atoms with Gasteiger partial charge in [0.1, 0.15) is 17.0 Å². The largest absolute Gasteiger partial charge is 0.457 e. The highest BCUT2D eigenvalue weighted by molar-refractivity contribution is 5.98. The number of amides is 1. The van der Waals surface area contributed by atoms with Crippen LogP contribution in [0.5, 0.6) is 11.5 Å². The molecule has 0 aliphatic carbocycles. The number of anilines is 1. The van der Waals surface area contributed by atoms with E-state index in [0.29, 0.717) is 37.5 Å². The van der Waals surface area contributed by atoms with E-state index in [1.807, 2.05) is 55.5 Å². The number of benzene rings is 2. The molecule has 1 aliphatic heterocycles. The van der Waals surface area contributed by atoms with Crippen molar-refractivity contribution in [1.82, 2.24) is 0 Å². The Kier molecular flexibility index (Phi) is 4.83. The number of hydrogen-bond donors (Lipinski definition) is 2. The van der Waals surface area contributed by atoms with E-state index in [1.54, 1.807) is 0 Å². The van der Waals surface area contributed by atoms with E-state index in [1.165, 1.54) is 5.56 Å². The minimum atomic E-state index is -0.852. The van der Waals surface area contributed by atoms with Crippen LogP contribution in [-0.4, -0.2) is 24.7 Å². The first kappa shape index (κ1) is 16.5. The zero-order valence-electron chi connectivity index (χ0n) is 13.7. The second kappa shape index (κ2) is 7.03. The first-order valence-electron chi connectivity index (χ1n) is 8.08. The Labute approximate surface area is 141 Å². The summed E-state index contributed by atoms with van der Waals surface area (Å²) in [7, 11) is 0. The van der Waals surface area contributed by atoms with Crippen LogP contribution in [0.15, 0.2) is 48.5 Å². The lowest BCUT2D eigenvalue weighted by Crippen LogP contribution is -2.54. The van der Waals surface area contributed by atoms with Gasteiger partial charge in [0.15, 0.2) is 0 Å². The second-order valence-corrected chi connectivity index (χ2v) is 6.16. The molecule has 1 amide bonds. The third-order valence-electron chi connectivity index (χ3n) is 4.21. The molecule has 3 rings (SSSR count). The molecule has 0 aromatic heterocycles. The fourth-order valence-corrected chi connectivity index (χ4v) is 2.57. The maximum atomic E-state index is 12.4. The maximum Gasteiger partial charge on any atom is 0.244 e. The van der Waals surface area contributed by atoms with Crippen LogP contribution >= 0.6 is 0 Å². The van der Waals surface area contributed by atoms with Gasteiger partial charge in [-0.2, -0.15) is 0 Å². The zero-order chi connectivity index (χ0) is 17.0. The lowest BCUT2D eigenvalue weighted by atomic mass is 9.90. The number of ether oxygens (including phenoxy) is 2. The molecule has 0 unspecified atom stereocenters. The standard InChI is InChI=1S/C19H22N2O3/c1-14-2-6-16(7-3-14)24-17-8-4-15(5-9-17)21-18(22)19(20)10-12-23-13-11-19/h2-9H,10-13,20H2,1H3,(H,21,22). The number of nitrogens with one attached hydrogen (secondary N) is 1. The van der Waals surface area contributed by atoms with Crippen molar-refractivity contribution in [3.63, 3.8) is 0 Å². The number of hydrogen-bond acceptors (Lipinski definition) is 4. The van der Waals surface area contributed by atoms with Crippen LogP contribution in [-0.2, 0) is 9.53 Å². The van der Waals surface area contributed by atoms with Gasteiger partial charge in [0.25, 0.3) is 0 Å². The molecule has 1 aliphatic rings. The van der Waals surface area contributed by atoms with E-state index in [-0.39, 0.29) is 5.91 Å². The molecule has 5 heteroatoms. The summed E-state index contributed by atoms with van der Waals surface area (Å²) in [6.45, 7) is 3.07. The molecule has 0 radical (unpaired) electrons. The molecule has 0 bridgehead atoms. The minimum absolute atomic E-state index is 0.169. The van der Waals surface area contributed by atoms with E-state index in [2.05, 4.69) is 5.32 Å². The Morgan fingerprint density at radius 2 is 1.58 bits per heavy atom. The fraction of sp³-hybridized carbons (Fsp3) is 0.316. The van der Waals surface area contributed by atoms with Gasteiger partial charge in [-0.25, -0.2) is 0 Å². The first-order chi connectivity index (χ1) is 11.5. The van der Waals surface area contributed by atoms with Crippen molar-refractivity contribution in [3.05, 3.63) is 54.1 Å². The summed E-state index contributed by atoms with van der Waals surface area (Å²) >= 11 is 0. The van der Waals surface area contributed by atoms with Gasteiger partial charge in [0.2, 0.25) is 5.91 Å². The summed E-state index contributed by atoms with van der Waals surface area (Å²) in [4.78, 5) is 12.4. The molecule has 0 saturated carbocycles. The van der Waals surface area contributed by atoms with E-state index in [4.69, 9.17) is 15.2 Å². The van der Waals surface area contributed by atoms with Gasteiger partial charge in [-0.15, -0.1) is 0 Å². The van der Waals surface area contributed by atoms with Crippen molar-refractivity contribution < 1.29 is 14.3 Å². The number of carbonyl (C=O) groups is 1. The normalized spacial score (nSPS) is 16.4. The highest BCUT2D eigenvalue weighted by Crippen LogP contribution is 2.24. The van der Waals surface area contributed by atoms with Gasteiger partial charge in [0.05, 0.1) is 0 Å². The molecule has 24 heavy (non-hydrogen) atoms. The summed E-state index contributed by atoms with van der Waals surface area (Å²) in [5, 5.41) is 2.88. The molecule has 0 spiro atoms. The van der Waals surface area contributed by atoms with Gasteiger partial charge < -0.3 is 20.5 Å². The van der Waals surface area contributed by atoms with E-state index >= 15 is 0 Å². The number of carbonyl (C=O) groups excluding carboxylic acids is 1. The summed E-state index contributed by atoms with van der Waals surface area (Å²) in [6.07, 6.45) is 1.07. The third-order valence-corrected chi connectivity index (χ3v) is 4.21. The fourth-order valence-electron chi connectivity index (χ4n) is 2.57. The van der Waals surface area contributed by atoms with Crippen LogP contribution in [0, 0.1) is 6.92 Å². The molecule has 1 heterocycles. The first-order valence-corrected chi connectivity index (χ1v) is 8.08. The van der Waals surface area contributed by atoms with Crippen molar-refractivity contribution in [1.29, 1.82) is 0 Å². The van der Waals surface area contributed by atoms with Gasteiger partial charge >= 0.3 is 0 Å². The molecule has 1 fully saturated rings. The predicted molar refractivity (Wildman–Crippen MR) is 93.3 cm³/mol. The van der Waals surface area contributed by atoms with E-state index < -0.39 is 5.54 Å². The topological polar surface area (TPSA) is 73.6 Å². The van der Waals surface area contributed by atoms with Crippen molar-refractivity contribution in [2.24, 2.45) is 5.73 Å². The molecule has 1 saturated heterocycles. The van der Waals surface area contributed by atoms with Crippen LogP contribution in [0.3, 0.4) is 0 Å². The van der Waals surface area contributed by atoms with Gasteiger partial charge in [-0.1, -0.05) is 17.7 Å². The molecule has 126 valence electrons. The maximum absolute atomic E-state index is 12.4. The molecule has 0 atom stereocenters. The van der Waals surface area contributed by atoms with Crippen molar-refractivity contribution in [2.45, 2.75) is 25.3 Å². The van der Waals surface area contributed by atoms with Gasteiger partial charge in [-0.05, 0) is 56.2 Å². The molecule has 2 aromatic rings. The van der Waals surface area contributed by atoms with Crippen LogP contribution < -0.4 is 15.8 Å². The average molecular weight is 326 g/mol. The lowest BCUT2D eigenvalue weighted by Gasteiger charge is -2.31. The predicted octanol–water partition coefficient (Wildman–Crippen LogP) is 3.23. The lowest BCUT2D eigenvalue weighted by molar-refractivity contribution is -0.124. The Hall–Kier alpha value is -2.37. The summed E-state index contributed by atoms with van der Waals surface area (Å²) < 4.78 is 11.0. The summed E-state index contributed by atoms with van der Waals surface area (Å²) in [5.41, 5.74) is 7.21. The molecule has 2 aromatic carbocycles. The second-order valence-electron chi connectivity index (χ2n) is 6.16. The van der Waals surface area contributed by atoms with Crippen LogP contribution in [0.4, 0.5) is 5.69 Å². The van der Waals surface area contributed by atoms with E-state index in [9.17, 15) is 4.79 Å². The summed E-state index contributed by atoms with van der Waals surface area (Å²) in [5.74, 6) is 1.32. The van der Waals surface area contributed by atoms with Crippen molar-refractivity contribution >= 4 is 11.6 Å². The monoisotopic (exact) mass is 326 g/mol. The third kappa shape index (κ3) is 3.93. The Morgan fingerprint density at radius 3 is 2.17 bits per heavy atom. The number of aryl methyl sites for hydroxylation is 1.